The van der Waals surface area contributed by atoms with Crippen LogP contribution in [0.15, 0.2) is 47.0 Å². The summed E-state index contributed by atoms with van der Waals surface area (Å²) in [6, 6.07) is 11.7. The Bertz CT molecular complexity index is 1060. The van der Waals surface area contributed by atoms with Crippen LogP contribution in [0.1, 0.15) is 29.0 Å². The SMILES string of the molecule is Cc1nc(COc2ccc(C(=O)Nc3ccc4c(c3)NC(=O)[C@@H](C)O4)cc2)no1. The summed E-state index contributed by atoms with van der Waals surface area (Å²) < 4.78 is 16.0. The van der Waals surface area contributed by atoms with Gasteiger partial charge in [0, 0.05) is 18.2 Å². The highest BCUT2D eigenvalue weighted by Crippen LogP contribution is 2.32. The zero-order valence-electron chi connectivity index (χ0n) is 15.8. The van der Waals surface area contributed by atoms with Crippen LogP contribution in [0.25, 0.3) is 0 Å². The Hall–Kier alpha value is -3.88. The van der Waals surface area contributed by atoms with Crippen molar-refractivity contribution < 1.29 is 23.6 Å². The number of amides is 2. The van der Waals surface area contributed by atoms with Gasteiger partial charge in [0.15, 0.2) is 12.7 Å². The molecule has 2 amide bonds. The summed E-state index contributed by atoms with van der Waals surface area (Å²) in [4.78, 5) is 28.3. The monoisotopic (exact) mass is 394 g/mol. The molecule has 29 heavy (non-hydrogen) atoms. The zero-order valence-corrected chi connectivity index (χ0v) is 15.8. The lowest BCUT2D eigenvalue weighted by molar-refractivity contribution is -0.122. The van der Waals surface area contributed by atoms with Gasteiger partial charge in [0.2, 0.25) is 11.7 Å². The van der Waals surface area contributed by atoms with E-state index in [2.05, 4.69) is 20.8 Å². The Balaban J connectivity index is 1.38. The van der Waals surface area contributed by atoms with Crippen molar-refractivity contribution >= 4 is 23.2 Å². The molecule has 2 N–H and O–H groups in total. The topological polar surface area (TPSA) is 116 Å². The van der Waals surface area contributed by atoms with Crippen molar-refractivity contribution in [1.82, 2.24) is 10.1 Å². The average molecular weight is 394 g/mol. The molecule has 0 spiro atoms. The molecule has 0 fully saturated rings. The molecule has 9 nitrogen and oxygen atoms in total. The van der Waals surface area contributed by atoms with E-state index < -0.39 is 6.10 Å². The van der Waals surface area contributed by atoms with E-state index in [1.807, 2.05) is 0 Å². The highest BCUT2D eigenvalue weighted by atomic mass is 16.5. The molecular weight excluding hydrogens is 376 g/mol. The minimum absolute atomic E-state index is 0.171. The van der Waals surface area contributed by atoms with Gasteiger partial charge in [-0.25, -0.2) is 0 Å². The summed E-state index contributed by atoms with van der Waals surface area (Å²) >= 11 is 0. The lowest BCUT2D eigenvalue weighted by atomic mass is 10.1. The van der Waals surface area contributed by atoms with Crippen molar-refractivity contribution in [3.05, 3.63) is 59.7 Å². The van der Waals surface area contributed by atoms with E-state index in [0.717, 1.165) is 0 Å². The number of rotatable bonds is 5. The standard InChI is InChI=1S/C20H18N4O5/c1-11-19(25)23-16-9-14(5-8-17(16)28-11)22-20(26)13-3-6-15(7-4-13)27-10-18-21-12(2)29-24-18/h3-9,11H,10H2,1-2H3,(H,22,26)(H,23,25)/t11-/m1/s1. The number of hydrogen-bond acceptors (Lipinski definition) is 7. The molecule has 2 aromatic carbocycles. The van der Waals surface area contributed by atoms with Gasteiger partial charge in [-0.2, -0.15) is 4.98 Å². The maximum atomic E-state index is 12.5. The third-order valence-corrected chi connectivity index (χ3v) is 4.22. The van der Waals surface area contributed by atoms with Crippen LogP contribution in [0.2, 0.25) is 0 Å². The summed E-state index contributed by atoms with van der Waals surface area (Å²) in [5.74, 6) is 1.54. The van der Waals surface area contributed by atoms with Crippen LogP contribution in [0, 0.1) is 6.92 Å². The van der Waals surface area contributed by atoms with Gasteiger partial charge in [-0.05, 0) is 49.4 Å². The van der Waals surface area contributed by atoms with Gasteiger partial charge in [-0.3, -0.25) is 9.59 Å². The van der Waals surface area contributed by atoms with Crippen LogP contribution in [0.4, 0.5) is 11.4 Å². The number of fused-ring (bicyclic) bond motifs is 1. The second-order valence-corrected chi connectivity index (χ2v) is 6.46. The Morgan fingerprint density at radius 2 is 2.03 bits per heavy atom. The first-order valence-electron chi connectivity index (χ1n) is 8.93. The molecule has 1 atom stereocenters. The number of carbonyl (C=O) groups excluding carboxylic acids is 2. The molecule has 0 aliphatic carbocycles. The largest absolute Gasteiger partial charge is 0.485 e. The van der Waals surface area contributed by atoms with E-state index in [9.17, 15) is 9.59 Å². The van der Waals surface area contributed by atoms with Gasteiger partial charge in [-0.15, -0.1) is 0 Å². The fraction of sp³-hybridized carbons (Fsp3) is 0.200. The molecule has 3 aromatic rings. The molecule has 1 aromatic heterocycles. The summed E-state index contributed by atoms with van der Waals surface area (Å²) in [5.41, 5.74) is 1.52. The maximum absolute atomic E-state index is 12.5. The van der Waals surface area contributed by atoms with Crippen LogP contribution in [-0.2, 0) is 11.4 Å². The second kappa shape index (κ2) is 7.63. The number of carbonyl (C=O) groups is 2. The molecule has 0 saturated carbocycles. The van der Waals surface area contributed by atoms with E-state index in [0.29, 0.717) is 40.2 Å². The number of aryl methyl sites for hydroxylation is 1. The smallest absolute Gasteiger partial charge is 0.265 e. The van der Waals surface area contributed by atoms with Crippen LogP contribution in [-0.4, -0.2) is 28.1 Å². The maximum Gasteiger partial charge on any atom is 0.265 e. The van der Waals surface area contributed by atoms with Gasteiger partial charge in [0.1, 0.15) is 11.5 Å². The van der Waals surface area contributed by atoms with Crippen LogP contribution in [0.5, 0.6) is 11.5 Å². The summed E-state index contributed by atoms with van der Waals surface area (Å²) in [6.45, 7) is 3.54. The third-order valence-electron chi connectivity index (χ3n) is 4.22. The average Bonchev–Trinajstić information content (AvgIpc) is 3.13. The predicted molar refractivity (Wildman–Crippen MR) is 103 cm³/mol. The van der Waals surface area contributed by atoms with Crippen LogP contribution in [0.3, 0.4) is 0 Å². The Labute approximate surface area is 166 Å². The van der Waals surface area contributed by atoms with Gasteiger partial charge >= 0.3 is 0 Å². The van der Waals surface area contributed by atoms with E-state index in [1.165, 1.54) is 0 Å². The van der Waals surface area contributed by atoms with E-state index >= 15 is 0 Å². The molecule has 148 valence electrons. The fourth-order valence-electron chi connectivity index (χ4n) is 2.74. The highest BCUT2D eigenvalue weighted by Gasteiger charge is 2.23. The van der Waals surface area contributed by atoms with Crippen molar-refractivity contribution in [2.75, 3.05) is 10.6 Å². The summed E-state index contributed by atoms with van der Waals surface area (Å²) in [7, 11) is 0. The number of ether oxygens (including phenoxy) is 2. The lowest BCUT2D eigenvalue weighted by Gasteiger charge is -2.23. The molecule has 2 heterocycles. The first-order chi connectivity index (χ1) is 14.0. The van der Waals surface area contributed by atoms with Crippen molar-refractivity contribution in [2.24, 2.45) is 0 Å². The van der Waals surface area contributed by atoms with Gasteiger partial charge in [-0.1, -0.05) is 5.16 Å². The van der Waals surface area contributed by atoms with Gasteiger partial charge < -0.3 is 24.6 Å². The van der Waals surface area contributed by atoms with Gasteiger partial charge in [0.25, 0.3) is 11.8 Å². The molecule has 1 aliphatic heterocycles. The van der Waals surface area contributed by atoms with E-state index in [-0.39, 0.29) is 18.4 Å². The number of nitrogens with zero attached hydrogens (tertiary/aromatic N) is 2. The molecule has 0 unspecified atom stereocenters. The molecular formula is C20H18N4O5. The fourth-order valence-corrected chi connectivity index (χ4v) is 2.74. The normalized spacial score (nSPS) is 15.1. The molecule has 0 radical (unpaired) electrons. The van der Waals surface area contributed by atoms with E-state index in [1.54, 1.807) is 56.3 Å². The van der Waals surface area contributed by atoms with Gasteiger partial charge in [0.05, 0.1) is 5.69 Å². The molecule has 4 rings (SSSR count). The Morgan fingerprint density at radius 1 is 1.24 bits per heavy atom. The highest BCUT2D eigenvalue weighted by molar-refractivity contribution is 6.05. The molecule has 0 saturated heterocycles. The second-order valence-electron chi connectivity index (χ2n) is 6.46. The summed E-state index contributed by atoms with van der Waals surface area (Å²) in [6.07, 6.45) is -0.548. The zero-order chi connectivity index (χ0) is 20.4. The van der Waals surface area contributed by atoms with Crippen LogP contribution < -0.4 is 20.1 Å². The van der Waals surface area contributed by atoms with Crippen molar-refractivity contribution in [3.63, 3.8) is 0 Å². The number of nitrogens with one attached hydrogen (secondary N) is 2. The van der Waals surface area contributed by atoms with Crippen molar-refractivity contribution in [3.8, 4) is 11.5 Å². The van der Waals surface area contributed by atoms with E-state index in [4.69, 9.17) is 14.0 Å². The Kier molecular flexibility index (Phi) is 4.86. The quantitative estimate of drug-likeness (QED) is 0.683. The molecule has 1 aliphatic rings. The first-order valence-corrected chi connectivity index (χ1v) is 8.93. The minimum atomic E-state index is -0.548. The first kappa shape index (κ1) is 18.5. The van der Waals surface area contributed by atoms with Crippen LogP contribution >= 0.6 is 0 Å². The molecule has 9 heteroatoms. The van der Waals surface area contributed by atoms with Crippen molar-refractivity contribution in [1.29, 1.82) is 0 Å². The molecule has 0 bridgehead atoms. The summed E-state index contributed by atoms with van der Waals surface area (Å²) in [5, 5.41) is 9.30. The Morgan fingerprint density at radius 3 is 2.76 bits per heavy atom. The number of anilines is 2. The minimum Gasteiger partial charge on any atom is -0.485 e. The third kappa shape index (κ3) is 4.18. The number of hydrogen-bond donors (Lipinski definition) is 2. The van der Waals surface area contributed by atoms with Crippen molar-refractivity contribution in [2.45, 2.75) is 26.6 Å². The lowest BCUT2D eigenvalue weighted by Crippen LogP contribution is -2.34. The number of aromatic nitrogens is 2. The number of benzene rings is 2. The predicted octanol–water partition coefficient (Wildman–Crippen LogP) is 2.93.